The molecule has 2 aromatic rings. The molecule has 1 saturated heterocycles. The maximum Gasteiger partial charge on any atom is 0.233 e. The number of anilines is 1. The van der Waals surface area contributed by atoms with Crippen LogP contribution < -0.4 is 5.32 Å². The average Bonchev–Trinajstić information content (AvgIpc) is 3.00. The number of allylic oxidation sites excluding steroid dienone is 2. The summed E-state index contributed by atoms with van der Waals surface area (Å²) in [5.41, 5.74) is 0.748. The van der Waals surface area contributed by atoms with Crippen molar-refractivity contribution in [2.45, 2.75) is 19.3 Å². The number of likely N-dealkylation sites (tertiary alicyclic amines) is 1. The van der Waals surface area contributed by atoms with E-state index in [0.717, 1.165) is 29.3 Å². The number of rotatable bonds is 4. The molecule has 0 aromatic heterocycles. The Kier molecular flexibility index (Phi) is 4.04. The highest BCUT2D eigenvalue weighted by atomic mass is 16.2. The molecular weight excluding hydrogens is 352 g/mol. The van der Waals surface area contributed by atoms with Crippen LogP contribution in [0.15, 0.2) is 54.6 Å². The maximum absolute atomic E-state index is 12.8. The van der Waals surface area contributed by atoms with E-state index in [1.165, 1.54) is 4.90 Å². The third-order valence-electron chi connectivity index (χ3n) is 6.48. The van der Waals surface area contributed by atoms with Gasteiger partial charge in [0.1, 0.15) is 0 Å². The highest BCUT2D eigenvalue weighted by Crippen LogP contribution is 2.49. The molecule has 5 heteroatoms. The number of hydrogen-bond donors (Lipinski definition) is 1. The quantitative estimate of drug-likeness (QED) is 0.659. The Balaban J connectivity index is 1.27. The highest BCUT2D eigenvalue weighted by molar-refractivity contribution is 6.07. The fourth-order valence-corrected chi connectivity index (χ4v) is 5.12. The Hall–Kier alpha value is -2.95. The first kappa shape index (κ1) is 17.2. The van der Waals surface area contributed by atoms with Gasteiger partial charge in [0.15, 0.2) is 0 Å². The van der Waals surface area contributed by atoms with E-state index >= 15 is 0 Å². The van der Waals surface area contributed by atoms with Crippen LogP contribution in [0.2, 0.25) is 0 Å². The first-order chi connectivity index (χ1) is 13.6. The van der Waals surface area contributed by atoms with Crippen LogP contribution in [0.4, 0.5) is 5.69 Å². The summed E-state index contributed by atoms with van der Waals surface area (Å²) in [7, 11) is 0. The number of imide groups is 1. The second kappa shape index (κ2) is 6.59. The van der Waals surface area contributed by atoms with Crippen molar-refractivity contribution in [3.63, 3.8) is 0 Å². The Labute approximate surface area is 163 Å². The monoisotopic (exact) mass is 374 g/mol. The summed E-state index contributed by atoms with van der Waals surface area (Å²) in [6.45, 7) is 0.153. The van der Waals surface area contributed by atoms with Crippen molar-refractivity contribution in [2.75, 3.05) is 11.9 Å². The highest BCUT2D eigenvalue weighted by Gasteiger charge is 2.56. The van der Waals surface area contributed by atoms with Gasteiger partial charge in [-0.2, -0.15) is 0 Å². The molecule has 6 rings (SSSR count). The predicted octanol–water partition coefficient (Wildman–Crippen LogP) is 3.37. The molecule has 1 heterocycles. The van der Waals surface area contributed by atoms with E-state index in [0.29, 0.717) is 0 Å². The number of hydrogen-bond acceptors (Lipinski definition) is 3. The summed E-state index contributed by atoms with van der Waals surface area (Å²) in [6, 6.07) is 13.6. The number of nitrogens with zero attached hydrogens (tertiary/aromatic N) is 1. The van der Waals surface area contributed by atoms with Crippen LogP contribution in [0.1, 0.15) is 19.3 Å². The van der Waals surface area contributed by atoms with Crippen LogP contribution >= 0.6 is 0 Å². The first-order valence-corrected chi connectivity index (χ1v) is 9.94. The molecule has 5 nitrogen and oxygen atoms in total. The summed E-state index contributed by atoms with van der Waals surface area (Å²) in [5, 5.41) is 4.96. The van der Waals surface area contributed by atoms with Gasteiger partial charge in [-0.3, -0.25) is 19.3 Å². The van der Waals surface area contributed by atoms with Crippen molar-refractivity contribution in [3.05, 3.63) is 54.6 Å². The summed E-state index contributed by atoms with van der Waals surface area (Å²) in [5.74, 6) is -0.427. The zero-order valence-electron chi connectivity index (χ0n) is 15.5. The SMILES string of the molecule is O=C(CCN1C(=O)[C@H]2[C@H](C1=O)[C@H]1C=C[C@H]2CC1)Nc1cccc2ccccc12. The smallest absolute Gasteiger partial charge is 0.233 e. The average molecular weight is 374 g/mol. The molecule has 1 N–H and O–H groups in total. The molecule has 2 aromatic carbocycles. The number of fused-ring (bicyclic) bond motifs is 2. The molecule has 0 radical (unpaired) electrons. The minimum atomic E-state index is -0.211. The standard InChI is InChI=1S/C23H22N2O3/c26-19(24-18-7-3-5-14-4-1-2-6-17(14)18)12-13-25-22(27)20-15-8-9-16(11-10-15)21(20)23(25)28/h1-9,15-16,20-21H,10-13H2,(H,24,26)/t15-,16-,20+,21+/m0/s1. The van der Waals surface area contributed by atoms with Gasteiger partial charge in [-0.15, -0.1) is 0 Å². The van der Waals surface area contributed by atoms with Crippen molar-refractivity contribution in [2.24, 2.45) is 23.7 Å². The third-order valence-corrected chi connectivity index (χ3v) is 6.48. The van der Waals surface area contributed by atoms with Crippen molar-refractivity contribution in [1.82, 2.24) is 4.90 Å². The maximum atomic E-state index is 12.8. The molecule has 3 amide bonds. The lowest BCUT2D eigenvalue weighted by molar-refractivity contribution is -0.140. The molecule has 3 aliphatic carbocycles. The van der Waals surface area contributed by atoms with E-state index in [4.69, 9.17) is 0 Å². The van der Waals surface area contributed by atoms with Crippen LogP contribution in [0.25, 0.3) is 10.8 Å². The zero-order chi connectivity index (χ0) is 19.3. The minimum Gasteiger partial charge on any atom is -0.325 e. The largest absolute Gasteiger partial charge is 0.325 e. The lowest BCUT2D eigenvalue weighted by atomic mass is 9.63. The molecule has 2 fully saturated rings. The molecule has 28 heavy (non-hydrogen) atoms. The number of amides is 3. The van der Waals surface area contributed by atoms with Crippen LogP contribution in [0.3, 0.4) is 0 Å². The normalized spacial score (nSPS) is 28.1. The second-order valence-corrected chi connectivity index (χ2v) is 7.99. The second-order valence-electron chi connectivity index (χ2n) is 7.99. The zero-order valence-corrected chi connectivity index (χ0v) is 15.5. The molecule has 142 valence electrons. The third kappa shape index (κ3) is 2.65. The van der Waals surface area contributed by atoms with E-state index in [2.05, 4.69) is 17.5 Å². The van der Waals surface area contributed by atoms with Gasteiger partial charge < -0.3 is 5.32 Å². The molecule has 0 spiro atoms. The summed E-state index contributed by atoms with van der Waals surface area (Å²) >= 11 is 0. The van der Waals surface area contributed by atoms with Crippen LogP contribution in [0.5, 0.6) is 0 Å². The molecule has 4 atom stereocenters. The Morgan fingerprint density at radius 3 is 2.25 bits per heavy atom. The molecule has 2 bridgehead atoms. The van der Waals surface area contributed by atoms with Crippen molar-refractivity contribution in [3.8, 4) is 0 Å². The Morgan fingerprint density at radius 2 is 1.57 bits per heavy atom. The number of nitrogens with one attached hydrogen (secondary N) is 1. The summed E-state index contributed by atoms with van der Waals surface area (Å²) in [6.07, 6.45) is 6.30. The van der Waals surface area contributed by atoms with E-state index in [-0.39, 0.29) is 54.4 Å². The first-order valence-electron chi connectivity index (χ1n) is 9.94. The molecule has 4 aliphatic rings. The fraction of sp³-hybridized carbons (Fsp3) is 0.348. The van der Waals surface area contributed by atoms with Gasteiger partial charge in [0.25, 0.3) is 0 Å². The lowest BCUT2D eigenvalue weighted by Crippen LogP contribution is -2.38. The van der Waals surface area contributed by atoms with Gasteiger partial charge in [0.2, 0.25) is 17.7 Å². The van der Waals surface area contributed by atoms with Crippen molar-refractivity contribution < 1.29 is 14.4 Å². The predicted molar refractivity (Wildman–Crippen MR) is 106 cm³/mol. The lowest BCUT2D eigenvalue weighted by Gasteiger charge is -2.38. The molecule has 1 saturated carbocycles. The summed E-state index contributed by atoms with van der Waals surface area (Å²) < 4.78 is 0. The fourth-order valence-electron chi connectivity index (χ4n) is 5.12. The Bertz CT molecular complexity index is 975. The van der Waals surface area contributed by atoms with Gasteiger partial charge in [-0.25, -0.2) is 0 Å². The Morgan fingerprint density at radius 1 is 0.929 bits per heavy atom. The minimum absolute atomic E-state index is 0.0907. The van der Waals surface area contributed by atoms with Gasteiger partial charge in [0.05, 0.1) is 11.8 Å². The van der Waals surface area contributed by atoms with E-state index in [9.17, 15) is 14.4 Å². The van der Waals surface area contributed by atoms with Crippen molar-refractivity contribution in [1.29, 1.82) is 0 Å². The van der Waals surface area contributed by atoms with Crippen LogP contribution in [-0.2, 0) is 14.4 Å². The van der Waals surface area contributed by atoms with E-state index in [1.54, 1.807) is 0 Å². The van der Waals surface area contributed by atoms with Crippen molar-refractivity contribution >= 4 is 34.2 Å². The molecule has 1 aliphatic heterocycles. The van der Waals surface area contributed by atoms with Gasteiger partial charge in [-0.05, 0) is 36.1 Å². The molecular formula is C23H22N2O3. The topological polar surface area (TPSA) is 66.5 Å². The molecule has 0 unspecified atom stereocenters. The van der Waals surface area contributed by atoms with Gasteiger partial charge >= 0.3 is 0 Å². The van der Waals surface area contributed by atoms with Gasteiger partial charge in [-0.1, -0.05) is 48.6 Å². The van der Waals surface area contributed by atoms with Crippen LogP contribution in [0, 0.1) is 23.7 Å². The van der Waals surface area contributed by atoms with Gasteiger partial charge in [0, 0.05) is 24.0 Å². The van der Waals surface area contributed by atoms with E-state index in [1.807, 2.05) is 42.5 Å². The van der Waals surface area contributed by atoms with Crippen LogP contribution in [-0.4, -0.2) is 29.2 Å². The summed E-state index contributed by atoms with van der Waals surface area (Å²) in [4.78, 5) is 39.5. The number of benzene rings is 2. The number of carbonyl (C=O) groups excluding carboxylic acids is 3. The number of carbonyl (C=O) groups is 3. The van der Waals surface area contributed by atoms with E-state index < -0.39 is 0 Å².